The zero-order valence-electron chi connectivity index (χ0n) is 14.9. The van der Waals surface area contributed by atoms with E-state index in [4.69, 9.17) is 4.74 Å². The second kappa shape index (κ2) is 9.14. The van der Waals surface area contributed by atoms with Gasteiger partial charge in [0.2, 0.25) is 0 Å². The Morgan fingerprint density at radius 3 is 2.69 bits per heavy atom. The molecule has 0 fully saturated rings. The van der Waals surface area contributed by atoms with Crippen molar-refractivity contribution in [3.05, 3.63) is 34.7 Å². The molecule has 0 radical (unpaired) electrons. The van der Waals surface area contributed by atoms with E-state index < -0.39 is 18.0 Å². The highest BCUT2D eigenvalue weighted by atomic mass is 32.1. The van der Waals surface area contributed by atoms with E-state index in [1.54, 1.807) is 33.8 Å². The highest BCUT2D eigenvalue weighted by molar-refractivity contribution is 7.08. The average molecular weight is 378 g/mol. The maximum Gasteiger partial charge on any atom is 0.308 e. The Morgan fingerprint density at radius 1 is 1.27 bits per heavy atom. The lowest BCUT2D eigenvalue weighted by atomic mass is 10.3. The molecule has 0 aliphatic heterocycles. The largest absolute Gasteiger partial charge is 0.452 e. The van der Waals surface area contributed by atoms with Gasteiger partial charge in [0.1, 0.15) is 5.82 Å². The number of esters is 1. The Bertz CT molecular complexity index is 755. The van der Waals surface area contributed by atoms with Crippen molar-refractivity contribution in [3.63, 3.8) is 0 Å². The van der Waals surface area contributed by atoms with Gasteiger partial charge in [-0.2, -0.15) is 16.4 Å². The summed E-state index contributed by atoms with van der Waals surface area (Å²) in [5.74, 6) is -0.707. The first-order valence-electron chi connectivity index (χ1n) is 8.22. The fourth-order valence-electron chi connectivity index (χ4n) is 2.14. The molecule has 0 spiro atoms. The van der Waals surface area contributed by atoms with Crippen LogP contribution < -0.4 is 10.6 Å². The summed E-state index contributed by atoms with van der Waals surface area (Å²) in [5, 5.41) is 13.0. The SMILES string of the molecule is CC(OC(=O)CCNC(=O)c1ccsc1)C(=O)Nc1ccnn1C(C)C. The molecule has 1 unspecified atom stereocenters. The monoisotopic (exact) mass is 378 g/mol. The lowest BCUT2D eigenvalue weighted by Gasteiger charge is -2.15. The van der Waals surface area contributed by atoms with Crippen LogP contribution in [0.1, 0.15) is 43.6 Å². The Balaban J connectivity index is 1.74. The van der Waals surface area contributed by atoms with Crippen molar-refractivity contribution < 1.29 is 19.1 Å². The molecule has 2 heterocycles. The topological polar surface area (TPSA) is 102 Å². The van der Waals surface area contributed by atoms with E-state index in [0.717, 1.165) is 0 Å². The van der Waals surface area contributed by atoms with Crippen molar-refractivity contribution in [2.45, 2.75) is 39.3 Å². The van der Waals surface area contributed by atoms with Crippen molar-refractivity contribution in [1.82, 2.24) is 15.1 Å². The molecule has 9 heteroatoms. The number of carbonyl (C=O) groups excluding carboxylic acids is 3. The fourth-order valence-corrected chi connectivity index (χ4v) is 2.77. The lowest BCUT2D eigenvalue weighted by molar-refractivity contribution is -0.153. The van der Waals surface area contributed by atoms with Gasteiger partial charge in [0.05, 0.1) is 12.6 Å². The second-order valence-electron chi connectivity index (χ2n) is 5.89. The predicted octanol–water partition coefficient (Wildman–Crippen LogP) is 2.22. The Morgan fingerprint density at radius 2 is 2.04 bits per heavy atom. The molecule has 2 N–H and O–H groups in total. The standard InChI is InChI=1S/C17H22N4O4S/c1-11(2)21-14(4-8-19-21)20-16(23)12(3)25-15(22)5-7-18-17(24)13-6-9-26-10-13/h4,6,8-12H,5,7H2,1-3H3,(H,18,24)(H,20,23). The first-order valence-corrected chi connectivity index (χ1v) is 9.17. The van der Waals surface area contributed by atoms with Crippen LogP contribution in [0.5, 0.6) is 0 Å². The summed E-state index contributed by atoms with van der Waals surface area (Å²) in [7, 11) is 0. The van der Waals surface area contributed by atoms with E-state index in [9.17, 15) is 14.4 Å². The van der Waals surface area contributed by atoms with Crippen molar-refractivity contribution >= 4 is 34.9 Å². The van der Waals surface area contributed by atoms with Crippen LogP contribution in [0.4, 0.5) is 5.82 Å². The van der Waals surface area contributed by atoms with Gasteiger partial charge in [-0.3, -0.25) is 14.4 Å². The number of aromatic nitrogens is 2. The molecule has 2 rings (SSSR count). The molecule has 0 aromatic carbocycles. The molecule has 140 valence electrons. The number of nitrogens with zero attached hydrogens (tertiary/aromatic N) is 2. The zero-order valence-corrected chi connectivity index (χ0v) is 15.7. The van der Waals surface area contributed by atoms with Crippen LogP contribution in [0.25, 0.3) is 0 Å². The molecular weight excluding hydrogens is 356 g/mol. The molecular formula is C17H22N4O4S. The van der Waals surface area contributed by atoms with Gasteiger partial charge in [-0.1, -0.05) is 0 Å². The summed E-state index contributed by atoms with van der Waals surface area (Å²) in [6, 6.07) is 3.46. The molecule has 0 aliphatic rings. The first kappa shape index (κ1) is 19.6. The van der Waals surface area contributed by atoms with Crippen molar-refractivity contribution in [1.29, 1.82) is 0 Å². The van der Waals surface area contributed by atoms with Crippen LogP contribution in [0.15, 0.2) is 29.1 Å². The average Bonchev–Trinajstić information content (AvgIpc) is 3.26. The molecule has 0 saturated heterocycles. The maximum atomic E-state index is 12.2. The molecule has 26 heavy (non-hydrogen) atoms. The molecule has 2 aromatic heterocycles. The van der Waals surface area contributed by atoms with Gasteiger partial charge >= 0.3 is 5.97 Å². The number of hydrogen-bond donors (Lipinski definition) is 2. The third kappa shape index (κ3) is 5.41. The maximum absolute atomic E-state index is 12.2. The van der Waals surface area contributed by atoms with Crippen LogP contribution in [0.2, 0.25) is 0 Å². The van der Waals surface area contributed by atoms with Gasteiger partial charge in [0.25, 0.3) is 11.8 Å². The Hall–Kier alpha value is -2.68. The second-order valence-corrected chi connectivity index (χ2v) is 6.67. The molecule has 1 atom stereocenters. The van der Waals surface area contributed by atoms with E-state index in [1.807, 2.05) is 13.8 Å². The molecule has 2 aromatic rings. The number of thiophene rings is 1. The van der Waals surface area contributed by atoms with E-state index in [2.05, 4.69) is 15.7 Å². The zero-order chi connectivity index (χ0) is 19.1. The van der Waals surface area contributed by atoms with E-state index in [0.29, 0.717) is 11.4 Å². The normalized spacial score (nSPS) is 11.8. The van der Waals surface area contributed by atoms with Crippen molar-refractivity contribution in [2.24, 2.45) is 0 Å². The van der Waals surface area contributed by atoms with Gasteiger partial charge in [-0.15, -0.1) is 0 Å². The van der Waals surface area contributed by atoms with Crippen LogP contribution in [0, 0.1) is 0 Å². The summed E-state index contributed by atoms with van der Waals surface area (Å²) in [5.41, 5.74) is 0.554. The summed E-state index contributed by atoms with van der Waals surface area (Å²) < 4.78 is 6.76. The summed E-state index contributed by atoms with van der Waals surface area (Å²) in [4.78, 5) is 35.7. The quantitative estimate of drug-likeness (QED) is 0.686. The number of rotatable bonds is 8. The minimum atomic E-state index is -0.953. The van der Waals surface area contributed by atoms with Crippen LogP contribution in [-0.4, -0.2) is 40.2 Å². The number of amides is 2. The van der Waals surface area contributed by atoms with Gasteiger partial charge in [-0.05, 0) is 32.2 Å². The highest BCUT2D eigenvalue weighted by Gasteiger charge is 2.19. The highest BCUT2D eigenvalue weighted by Crippen LogP contribution is 2.13. The van der Waals surface area contributed by atoms with Gasteiger partial charge in [-0.25, -0.2) is 4.68 Å². The van der Waals surface area contributed by atoms with Gasteiger partial charge < -0.3 is 15.4 Å². The predicted molar refractivity (Wildman–Crippen MR) is 98.1 cm³/mol. The summed E-state index contributed by atoms with van der Waals surface area (Å²) in [6.45, 7) is 5.52. The Kier molecular flexibility index (Phi) is 6.90. The minimum absolute atomic E-state index is 0.0164. The van der Waals surface area contributed by atoms with Crippen LogP contribution in [0.3, 0.4) is 0 Å². The van der Waals surface area contributed by atoms with Gasteiger partial charge in [0.15, 0.2) is 6.10 Å². The molecule has 0 aliphatic carbocycles. The van der Waals surface area contributed by atoms with Crippen molar-refractivity contribution in [2.75, 3.05) is 11.9 Å². The third-order valence-electron chi connectivity index (χ3n) is 3.49. The lowest BCUT2D eigenvalue weighted by Crippen LogP contribution is -2.32. The summed E-state index contributed by atoms with van der Waals surface area (Å²) in [6.07, 6.45) is 0.616. The van der Waals surface area contributed by atoms with Crippen molar-refractivity contribution in [3.8, 4) is 0 Å². The number of hydrogen-bond acceptors (Lipinski definition) is 6. The number of carbonyl (C=O) groups is 3. The minimum Gasteiger partial charge on any atom is -0.452 e. The molecule has 0 bridgehead atoms. The smallest absolute Gasteiger partial charge is 0.308 e. The number of ether oxygens (including phenoxy) is 1. The van der Waals surface area contributed by atoms with Crippen LogP contribution >= 0.6 is 11.3 Å². The van der Waals surface area contributed by atoms with E-state index in [1.165, 1.54) is 18.3 Å². The fraction of sp³-hybridized carbons (Fsp3) is 0.412. The Labute approximate surface area is 155 Å². The number of nitrogens with one attached hydrogen (secondary N) is 2. The molecule has 0 saturated carbocycles. The summed E-state index contributed by atoms with van der Waals surface area (Å²) >= 11 is 1.42. The molecule has 2 amide bonds. The van der Waals surface area contributed by atoms with E-state index >= 15 is 0 Å². The molecule has 8 nitrogen and oxygen atoms in total. The van der Waals surface area contributed by atoms with E-state index in [-0.39, 0.29) is 24.9 Å². The van der Waals surface area contributed by atoms with Crippen LogP contribution in [-0.2, 0) is 14.3 Å². The first-order chi connectivity index (χ1) is 12.4. The van der Waals surface area contributed by atoms with Gasteiger partial charge in [0, 0.05) is 29.6 Å². The number of anilines is 1. The third-order valence-corrected chi connectivity index (χ3v) is 4.17.